The number of rotatable bonds is 3. The molecule has 1 aliphatic heterocycles. The zero-order valence-corrected chi connectivity index (χ0v) is 11.7. The first-order valence-corrected chi connectivity index (χ1v) is 7.09. The number of carbonyl (C=O) groups excluding carboxylic acids is 1. The van der Waals surface area contributed by atoms with Crippen LogP contribution in [0, 0.1) is 5.92 Å². The lowest BCUT2D eigenvalue weighted by Gasteiger charge is -2.39. The van der Waals surface area contributed by atoms with E-state index in [2.05, 4.69) is 6.92 Å². The highest BCUT2D eigenvalue weighted by Gasteiger charge is 2.30. The SMILES string of the molecule is CCC1CCN(C(=O)c2cc(O)cc(O)c2)C(CN)C1. The molecule has 1 saturated heterocycles. The van der Waals surface area contributed by atoms with E-state index >= 15 is 0 Å². The Morgan fingerprint density at radius 3 is 2.55 bits per heavy atom. The van der Waals surface area contributed by atoms with Crippen molar-refractivity contribution in [3.63, 3.8) is 0 Å². The van der Waals surface area contributed by atoms with Crippen LogP contribution in [0.25, 0.3) is 0 Å². The van der Waals surface area contributed by atoms with E-state index in [4.69, 9.17) is 5.73 Å². The molecule has 1 amide bonds. The highest BCUT2D eigenvalue weighted by molar-refractivity contribution is 5.95. The Bertz CT molecular complexity index is 470. The number of hydrogen-bond acceptors (Lipinski definition) is 4. The van der Waals surface area contributed by atoms with Gasteiger partial charge in [0.2, 0.25) is 0 Å². The summed E-state index contributed by atoms with van der Waals surface area (Å²) in [6.07, 6.45) is 3.00. The topological polar surface area (TPSA) is 86.8 Å². The molecule has 1 fully saturated rings. The second-order valence-electron chi connectivity index (χ2n) is 5.42. The Balaban J connectivity index is 2.19. The number of amides is 1. The van der Waals surface area contributed by atoms with E-state index in [1.54, 1.807) is 4.90 Å². The Morgan fingerprint density at radius 1 is 1.35 bits per heavy atom. The molecular weight excluding hydrogens is 256 g/mol. The summed E-state index contributed by atoms with van der Waals surface area (Å²) in [5, 5.41) is 19.0. The number of aromatic hydroxyl groups is 2. The third kappa shape index (κ3) is 3.04. The molecule has 110 valence electrons. The molecule has 1 heterocycles. The van der Waals surface area contributed by atoms with Gasteiger partial charge in [-0.2, -0.15) is 0 Å². The second-order valence-corrected chi connectivity index (χ2v) is 5.42. The molecule has 2 unspecified atom stereocenters. The van der Waals surface area contributed by atoms with Crippen LogP contribution in [0.3, 0.4) is 0 Å². The van der Waals surface area contributed by atoms with Crippen LogP contribution in [0.15, 0.2) is 18.2 Å². The van der Waals surface area contributed by atoms with Gasteiger partial charge in [-0.25, -0.2) is 0 Å². The zero-order chi connectivity index (χ0) is 14.7. The first kappa shape index (κ1) is 14.7. The van der Waals surface area contributed by atoms with E-state index in [9.17, 15) is 15.0 Å². The average molecular weight is 278 g/mol. The minimum atomic E-state index is -0.179. The van der Waals surface area contributed by atoms with Gasteiger partial charge in [0.25, 0.3) is 5.91 Å². The molecule has 0 spiro atoms. The van der Waals surface area contributed by atoms with E-state index in [0.29, 0.717) is 24.6 Å². The summed E-state index contributed by atoms with van der Waals surface area (Å²) in [5.41, 5.74) is 6.10. The lowest BCUT2D eigenvalue weighted by molar-refractivity contribution is 0.0557. The molecule has 5 nitrogen and oxygen atoms in total. The van der Waals surface area contributed by atoms with Gasteiger partial charge in [-0.3, -0.25) is 4.79 Å². The molecule has 1 aromatic carbocycles. The summed E-state index contributed by atoms with van der Waals surface area (Å²) in [6.45, 7) is 3.27. The van der Waals surface area contributed by atoms with Gasteiger partial charge >= 0.3 is 0 Å². The van der Waals surface area contributed by atoms with Crippen molar-refractivity contribution in [2.24, 2.45) is 11.7 Å². The van der Waals surface area contributed by atoms with Crippen LogP contribution in [-0.2, 0) is 0 Å². The number of phenolic OH excluding ortho intramolecular Hbond substituents is 2. The van der Waals surface area contributed by atoms with Crippen LogP contribution in [0.5, 0.6) is 11.5 Å². The van der Waals surface area contributed by atoms with Crippen LogP contribution >= 0.6 is 0 Å². The van der Waals surface area contributed by atoms with E-state index in [1.165, 1.54) is 18.2 Å². The number of nitrogens with zero attached hydrogens (tertiary/aromatic N) is 1. The zero-order valence-electron chi connectivity index (χ0n) is 11.7. The van der Waals surface area contributed by atoms with Gasteiger partial charge in [0.1, 0.15) is 11.5 Å². The predicted octanol–water partition coefficient (Wildman–Crippen LogP) is 1.69. The van der Waals surface area contributed by atoms with Gasteiger partial charge < -0.3 is 20.8 Å². The predicted molar refractivity (Wildman–Crippen MR) is 76.7 cm³/mol. The largest absolute Gasteiger partial charge is 0.508 e. The van der Waals surface area contributed by atoms with E-state index in [1.807, 2.05) is 0 Å². The molecule has 0 aliphatic carbocycles. The Kier molecular flexibility index (Phi) is 4.49. The number of hydrogen-bond donors (Lipinski definition) is 3. The number of phenols is 2. The van der Waals surface area contributed by atoms with Crippen LogP contribution in [0.4, 0.5) is 0 Å². The first-order chi connectivity index (χ1) is 9.55. The molecule has 2 atom stereocenters. The molecule has 0 aromatic heterocycles. The second kappa shape index (κ2) is 6.13. The Morgan fingerprint density at radius 2 is 2.00 bits per heavy atom. The summed E-state index contributed by atoms with van der Waals surface area (Å²) in [5.74, 6) is 0.216. The number of likely N-dealkylation sites (tertiary alicyclic amines) is 1. The fourth-order valence-electron chi connectivity index (χ4n) is 2.88. The molecule has 0 bridgehead atoms. The van der Waals surface area contributed by atoms with E-state index in [0.717, 1.165) is 19.3 Å². The van der Waals surface area contributed by atoms with Gasteiger partial charge in [-0.1, -0.05) is 13.3 Å². The van der Waals surface area contributed by atoms with Crippen molar-refractivity contribution in [1.82, 2.24) is 4.90 Å². The van der Waals surface area contributed by atoms with Crippen molar-refractivity contribution in [2.75, 3.05) is 13.1 Å². The summed E-state index contributed by atoms with van der Waals surface area (Å²) in [6, 6.07) is 3.99. The third-order valence-electron chi connectivity index (χ3n) is 4.08. The van der Waals surface area contributed by atoms with Gasteiger partial charge in [0.15, 0.2) is 0 Å². The molecule has 4 N–H and O–H groups in total. The van der Waals surface area contributed by atoms with E-state index < -0.39 is 0 Å². The number of carbonyl (C=O) groups is 1. The van der Waals surface area contributed by atoms with Crippen molar-refractivity contribution in [3.8, 4) is 11.5 Å². The van der Waals surface area contributed by atoms with Crippen LogP contribution < -0.4 is 5.73 Å². The maximum atomic E-state index is 12.5. The Hall–Kier alpha value is -1.75. The van der Waals surface area contributed by atoms with E-state index in [-0.39, 0.29) is 23.4 Å². The van der Waals surface area contributed by atoms with Crippen molar-refractivity contribution in [2.45, 2.75) is 32.2 Å². The van der Waals surface area contributed by atoms with Crippen LogP contribution in [0.2, 0.25) is 0 Å². The monoisotopic (exact) mass is 278 g/mol. The summed E-state index contributed by atoms with van der Waals surface area (Å²) >= 11 is 0. The summed E-state index contributed by atoms with van der Waals surface area (Å²) in [7, 11) is 0. The minimum Gasteiger partial charge on any atom is -0.508 e. The van der Waals surface area contributed by atoms with Crippen LogP contribution in [0.1, 0.15) is 36.5 Å². The molecular formula is C15H22N2O3. The standard InChI is InChI=1S/C15H22N2O3/c1-2-10-3-4-17(12(5-10)9-16)15(20)11-6-13(18)8-14(19)7-11/h6-8,10,12,18-19H,2-5,9,16H2,1H3. The summed E-state index contributed by atoms with van der Waals surface area (Å²) < 4.78 is 0. The molecule has 0 saturated carbocycles. The number of nitrogens with two attached hydrogens (primary N) is 1. The lowest BCUT2D eigenvalue weighted by Crippen LogP contribution is -2.49. The molecule has 1 aliphatic rings. The van der Waals surface area contributed by atoms with Crippen LogP contribution in [-0.4, -0.2) is 40.2 Å². The van der Waals surface area contributed by atoms with Crippen molar-refractivity contribution >= 4 is 5.91 Å². The minimum absolute atomic E-state index is 0.0330. The van der Waals surface area contributed by atoms with Crippen molar-refractivity contribution in [3.05, 3.63) is 23.8 Å². The highest BCUT2D eigenvalue weighted by atomic mass is 16.3. The van der Waals surface area contributed by atoms with Gasteiger partial charge in [0, 0.05) is 30.8 Å². The summed E-state index contributed by atoms with van der Waals surface area (Å²) in [4.78, 5) is 14.3. The molecule has 1 aromatic rings. The van der Waals surface area contributed by atoms with Gasteiger partial charge in [-0.15, -0.1) is 0 Å². The maximum absolute atomic E-state index is 12.5. The normalized spacial score (nSPS) is 22.8. The molecule has 0 radical (unpaired) electrons. The fourth-order valence-corrected chi connectivity index (χ4v) is 2.88. The highest BCUT2D eigenvalue weighted by Crippen LogP contribution is 2.28. The molecule has 5 heteroatoms. The van der Waals surface area contributed by atoms with Crippen molar-refractivity contribution < 1.29 is 15.0 Å². The Labute approximate surface area is 119 Å². The number of piperidine rings is 1. The van der Waals surface area contributed by atoms with Gasteiger partial charge in [-0.05, 0) is 30.9 Å². The quantitative estimate of drug-likeness (QED) is 0.785. The average Bonchev–Trinajstić information content (AvgIpc) is 2.44. The fraction of sp³-hybridized carbons (Fsp3) is 0.533. The number of benzene rings is 1. The smallest absolute Gasteiger partial charge is 0.254 e. The molecule has 2 rings (SSSR count). The van der Waals surface area contributed by atoms with Gasteiger partial charge in [0.05, 0.1) is 0 Å². The molecule has 20 heavy (non-hydrogen) atoms. The van der Waals surface area contributed by atoms with Crippen molar-refractivity contribution in [1.29, 1.82) is 0 Å². The lowest BCUT2D eigenvalue weighted by atomic mass is 9.88. The maximum Gasteiger partial charge on any atom is 0.254 e. The third-order valence-corrected chi connectivity index (χ3v) is 4.08. The first-order valence-electron chi connectivity index (χ1n) is 7.09.